The number of carbonyl (C=O) groups excluding carboxylic acids is 2. The van der Waals surface area contributed by atoms with E-state index in [1.54, 1.807) is 18.7 Å². The van der Waals surface area contributed by atoms with E-state index in [4.69, 9.17) is 4.74 Å². The van der Waals surface area contributed by atoms with Gasteiger partial charge in [0.2, 0.25) is 5.91 Å². The third-order valence-corrected chi connectivity index (χ3v) is 5.85. The summed E-state index contributed by atoms with van der Waals surface area (Å²) in [4.78, 5) is 37.5. The summed E-state index contributed by atoms with van der Waals surface area (Å²) in [6.45, 7) is 5.76. The molecule has 3 unspecified atom stereocenters. The fourth-order valence-corrected chi connectivity index (χ4v) is 4.57. The van der Waals surface area contributed by atoms with Gasteiger partial charge in [0, 0.05) is 18.6 Å². The van der Waals surface area contributed by atoms with E-state index in [1.165, 1.54) is 24.3 Å². The highest BCUT2D eigenvalue weighted by atomic mass is 16.6. The van der Waals surface area contributed by atoms with Crippen LogP contribution in [0, 0.1) is 22.0 Å². The zero-order chi connectivity index (χ0) is 20.9. The third-order valence-electron chi connectivity index (χ3n) is 5.85. The standard InChI is InChI=1S/C19H24N2O7/c1-18(2)20-16(23)15(19(20,3)8-9-28-18)14(17(24)25)13(22)10-11-4-6-12(7-5-11)21(26)27/h4-7,14-15,17,24-25H,8-10H2,1-3H3. The van der Waals surface area contributed by atoms with E-state index >= 15 is 0 Å². The molecule has 0 radical (unpaired) electrons. The van der Waals surface area contributed by atoms with Crippen LogP contribution in [-0.2, 0) is 20.7 Å². The van der Waals surface area contributed by atoms with E-state index in [9.17, 15) is 29.9 Å². The number of Topliss-reactive ketones (excluding diaryl/α,β-unsaturated/α-hetero) is 1. The van der Waals surface area contributed by atoms with Crippen LogP contribution in [0.3, 0.4) is 0 Å². The SMILES string of the molecule is CC1(C)OCCC2(C)C(C(C(=O)Cc3ccc([N+](=O)[O-])cc3)C(O)O)C(=O)N12. The first kappa shape index (κ1) is 20.4. The van der Waals surface area contributed by atoms with Crippen LogP contribution in [0.2, 0.25) is 0 Å². The Bertz CT molecular complexity index is 805. The molecular weight excluding hydrogens is 368 g/mol. The lowest BCUT2D eigenvalue weighted by atomic mass is 9.62. The maximum Gasteiger partial charge on any atom is 0.269 e. The third kappa shape index (κ3) is 3.19. The molecule has 9 nitrogen and oxygen atoms in total. The van der Waals surface area contributed by atoms with Gasteiger partial charge in [-0.2, -0.15) is 0 Å². The molecule has 3 atom stereocenters. The first-order chi connectivity index (χ1) is 13.0. The van der Waals surface area contributed by atoms with Crippen LogP contribution < -0.4 is 0 Å². The highest BCUT2D eigenvalue weighted by molar-refractivity contribution is 5.95. The van der Waals surface area contributed by atoms with Gasteiger partial charge in [0.25, 0.3) is 5.69 Å². The summed E-state index contributed by atoms with van der Waals surface area (Å²) in [5.41, 5.74) is -1.13. The van der Waals surface area contributed by atoms with Gasteiger partial charge < -0.3 is 19.8 Å². The van der Waals surface area contributed by atoms with E-state index in [0.717, 1.165) is 0 Å². The number of aliphatic hydroxyl groups is 2. The van der Waals surface area contributed by atoms with Gasteiger partial charge in [0.15, 0.2) is 6.29 Å². The Morgan fingerprint density at radius 2 is 1.93 bits per heavy atom. The average molecular weight is 392 g/mol. The lowest BCUT2D eigenvalue weighted by Gasteiger charge is -2.65. The van der Waals surface area contributed by atoms with Crippen LogP contribution in [0.15, 0.2) is 24.3 Å². The number of nitro benzene ring substituents is 1. The molecule has 0 bridgehead atoms. The quantitative estimate of drug-likeness (QED) is 0.320. The normalized spacial score (nSPS) is 27.1. The van der Waals surface area contributed by atoms with Crippen LogP contribution in [0.5, 0.6) is 0 Å². The maximum atomic E-state index is 12.9. The minimum absolute atomic E-state index is 0.100. The van der Waals surface area contributed by atoms with Gasteiger partial charge >= 0.3 is 0 Å². The molecule has 2 N–H and O–H groups in total. The number of nitro groups is 1. The molecule has 1 amide bonds. The lowest BCUT2D eigenvalue weighted by molar-refractivity contribution is -0.384. The molecule has 9 heteroatoms. The van der Waals surface area contributed by atoms with Crippen molar-refractivity contribution in [3.05, 3.63) is 39.9 Å². The molecule has 2 aliphatic heterocycles. The van der Waals surface area contributed by atoms with Gasteiger partial charge in [-0.25, -0.2) is 0 Å². The first-order valence-electron chi connectivity index (χ1n) is 9.09. The Labute approximate surface area is 162 Å². The zero-order valence-electron chi connectivity index (χ0n) is 16.0. The molecule has 1 aromatic rings. The van der Waals surface area contributed by atoms with Crippen LogP contribution in [0.4, 0.5) is 5.69 Å². The molecule has 2 saturated heterocycles. The van der Waals surface area contributed by atoms with Crippen molar-refractivity contribution < 1.29 is 29.5 Å². The van der Waals surface area contributed by atoms with Gasteiger partial charge in [0.1, 0.15) is 11.5 Å². The molecule has 2 aliphatic rings. The number of ketones is 1. The summed E-state index contributed by atoms with van der Waals surface area (Å²) < 4.78 is 5.65. The smallest absolute Gasteiger partial charge is 0.269 e. The molecule has 28 heavy (non-hydrogen) atoms. The van der Waals surface area contributed by atoms with E-state index in [-0.39, 0.29) is 18.0 Å². The van der Waals surface area contributed by atoms with E-state index in [2.05, 4.69) is 0 Å². The largest absolute Gasteiger partial charge is 0.367 e. The second kappa shape index (κ2) is 6.91. The second-order valence-electron chi connectivity index (χ2n) is 8.06. The van der Waals surface area contributed by atoms with Crippen molar-refractivity contribution in [2.45, 2.75) is 51.2 Å². The van der Waals surface area contributed by atoms with Crippen molar-refractivity contribution >= 4 is 17.4 Å². The fraction of sp³-hybridized carbons (Fsp3) is 0.579. The molecule has 1 aromatic carbocycles. The molecule has 2 heterocycles. The molecule has 0 aliphatic carbocycles. The number of carbonyl (C=O) groups is 2. The average Bonchev–Trinajstić information content (AvgIpc) is 2.58. The number of hydrogen-bond donors (Lipinski definition) is 2. The number of rotatable bonds is 6. The van der Waals surface area contributed by atoms with E-state index in [0.29, 0.717) is 18.6 Å². The summed E-state index contributed by atoms with van der Waals surface area (Å²) in [7, 11) is 0. The number of amides is 1. The molecule has 0 aromatic heterocycles. The summed E-state index contributed by atoms with van der Waals surface area (Å²) in [5, 5.41) is 30.6. The molecule has 2 fully saturated rings. The lowest BCUT2D eigenvalue weighted by Crippen LogP contribution is -2.80. The van der Waals surface area contributed by atoms with Crippen molar-refractivity contribution in [2.24, 2.45) is 11.8 Å². The summed E-state index contributed by atoms with van der Waals surface area (Å²) in [5.74, 6) is -2.98. The predicted octanol–water partition coefficient (Wildman–Crippen LogP) is 1.01. The van der Waals surface area contributed by atoms with Crippen LogP contribution in [0.1, 0.15) is 32.8 Å². The van der Waals surface area contributed by atoms with Crippen LogP contribution in [0.25, 0.3) is 0 Å². The summed E-state index contributed by atoms with van der Waals surface area (Å²) in [6.07, 6.45) is -1.65. The predicted molar refractivity (Wildman–Crippen MR) is 96.9 cm³/mol. The Hall–Kier alpha value is -2.36. The number of nitrogens with zero attached hydrogens (tertiary/aromatic N) is 2. The minimum Gasteiger partial charge on any atom is -0.367 e. The number of aliphatic hydroxyl groups excluding tert-OH is 1. The topological polar surface area (TPSA) is 130 Å². The zero-order valence-corrected chi connectivity index (χ0v) is 16.0. The minimum atomic E-state index is -1.98. The fourth-order valence-electron chi connectivity index (χ4n) is 4.57. The number of hydrogen-bond acceptors (Lipinski definition) is 7. The Balaban J connectivity index is 1.83. The first-order valence-corrected chi connectivity index (χ1v) is 9.09. The van der Waals surface area contributed by atoms with Crippen molar-refractivity contribution in [2.75, 3.05) is 6.61 Å². The van der Waals surface area contributed by atoms with Gasteiger partial charge in [-0.1, -0.05) is 12.1 Å². The Morgan fingerprint density at radius 1 is 1.32 bits per heavy atom. The van der Waals surface area contributed by atoms with E-state index < -0.39 is 40.1 Å². The molecular formula is C19H24N2O7. The Morgan fingerprint density at radius 3 is 2.46 bits per heavy atom. The van der Waals surface area contributed by atoms with Crippen molar-refractivity contribution in [1.82, 2.24) is 4.90 Å². The molecule has 0 saturated carbocycles. The van der Waals surface area contributed by atoms with Gasteiger partial charge in [-0.15, -0.1) is 0 Å². The summed E-state index contributed by atoms with van der Waals surface area (Å²) in [6, 6.07) is 5.47. The van der Waals surface area contributed by atoms with Gasteiger partial charge in [-0.05, 0) is 32.8 Å². The number of β-lactam (4-membered cyclic amide) rings is 1. The monoisotopic (exact) mass is 392 g/mol. The maximum absolute atomic E-state index is 12.9. The highest BCUT2D eigenvalue weighted by Gasteiger charge is 2.67. The Kier molecular flexibility index (Phi) is 5.03. The highest BCUT2D eigenvalue weighted by Crippen LogP contribution is 2.52. The van der Waals surface area contributed by atoms with E-state index in [1.807, 2.05) is 6.92 Å². The van der Waals surface area contributed by atoms with Crippen LogP contribution >= 0.6 is 0 Å². The van der Waals surface area contributed by atoms with Gasteiger partial charge in [0.05, 0.1) is 28.9 Å². The van der Waals surface area contributed by atoms with Crippen LogP contribution in [-0.4, -0.2) is 55.9 Å². The van der Waals surface area contributed by atoms with Gasteiger partial charge in [-0.3, -0.25) is 19.7 Å². The molecule has 152 valence electrons. The van der Waals surface area contributed by atoms with Crippen molar-refractivity contribution in [3.8, 4) is 0 Å². The van der Waals surface area contributed by atoms with Crippen molar-refractivity contribution in [1.29, 1.82) is 0 Å². The number of fused-ring (bicyclic) bond motifs is 1. The van der Waals surface area contributed by atoms with Crippen molar-refractivity contribution in [3.63, 3.8) is 0 Å². The molecule has 0 spiro atoms. The summed E-state index contributed by atoms with van der Waals surface area (Å²) >= 11 is 0. The number of non-ortho nitro benzene ring substituents is 1. The second-order valence-corrected chi connectivity index (χ2v) is 8.06. The number of ether oxygens (including phenoxy) is 1. The molecule has 3 rings (SSSR count). The number of benzene rings is 1.